The van der Waals surface area contributed by atoms with Gasteiger partial charge in [-0.3, -0.25) is 9.59 Å². The normalized spacial score (nSPS) is 11.2. The number of rotatable bonds is 8. The van der Waals surface area contributed by atoms with Gasteiger partial charge in [0.25, 0.3) is 11.5 Å². The molecule has 0 bridgehead atoms. The van der Waals surface area contributed by atoms with Crippen molar-refractivity contribution in [1.82, 2.24) is 15.1 Å². The number of nitrogens with one attached hydrogen (secondary N) is 1. The minimum atomic E-state index is -4.48. The van der Waals surface area contributed by atoms with Crippen LogP contribution in [0.3, 0.4) is 0 Å². The van der Waals surface area contributed by atoms with Crippen molar-refractivity contribution in [3.8, 4) is 17.0 Å². The highest BCUT2D eigenvalue weighted by Crippen LogP contribution is 2.31. The molecule has 0 atom stereocenters. The second kappa shape index (κ2) is 10.1. The summed E-state index contributed by atoms with van der Waals surface area (Å²) in [6.45, 7) is 2.13. The number of hydrogen-bond donors (Lipinski definition) is 1. The Morgan fingerprint density at radius 2 is 1.84 bits per heavy atom. The number of amides is 1. The van der Waals surface area contributed by atoms with Crippen LogP contribution >= 0.6 is 0 Å². The van der Waals surface area contributed by atoms with Crippen LogP contribution in [0.2, 0.25) is 0 Å². The van der Waals surface area contributed by atoms with Gasteiger partial charge in [-0.15, -0.1) is 0 Å². The van der Waals surface area contributed by atoms with Gasteiger partial charge < -0.3 is 10.1 Å². The van der Waals surface area contributed by atoms with Crippen molar-refractivity contribution in [1.29, 1.82) is 0 Å². The number of aromatic nitrogens is 2. The van der Waals surface area contributed by atoms with Gasteiger partial charge in [-0.1, -0.05) is 35.9 Å². The van der Waals surface area contributed by atoms with Gasteiger partial charge in [0.05, 0.1) is 11.3 Å². The van der Waals surface area contributed by atoms with Crippen molar-refractivity contribution in [2.75, 3.05) is 13.2 Å². The van der Waals surface area contributed by atoms with Crippen LogP contribution in [-0.2, 0) is 17.5 Å². The summed E-state index contributed by atoms with van der Waals surface area (Å²) >= 11 is 0. The Morgan fingerprint density at radius 1 is 1.09 bits per heavy atom. The zero-order chi connectivity index (χ0) is 23.1. The first kappa shape index (κ1) is 23.1. The van der Waals surface area contributed by atoms with Crippen molar-refractivity contribution in [3.63, 3.8) is 0 Å². The number of benzene rings is 2. The lowest BCUT2D eigenvalue weighted by Gasteiger charge is -2.11. The van der Waals surface area contributed by atoms with Gasteiger partial charge in [0.1, 0.15) is 5.75 Å². The number of alkyl halides is 3. The zero-order valence-electron chi connectivity index (χ0n) is 17.4. The molecule has 0 aliphatic heterocycles. The standard InChI is InChI=1S/C23H22F3N3O3/c1-16-6-8-17(9-7-16)20-10-11-22(31)29(28-20)13-3-12-27-21(30)15-32-19-5-2-4-18(14-19)23(24,25)26/h2,4-11,14H,3,12-13,15H2,1H3,(H,27,30). The molecule has 3 rings (SSSR count). The Bertz CT molecular complexity index is 1130. The summed E-state index contributed by atoms with van der Waals surface area (Å²) in [5, 5.41) is 6.98. The van der Waals surface area contributed by atoms with Crippen LogP contribution in [0, 0.1) is 6.92 Å². The first-order valence-corrected chi connectivity index (χ1v) is 9.94. The molecule has 32 heavy (non-hydrogen) atoms. The smallest absolute Gasteiger partial charge is 0.416 e. The predicted molar refractivity (Wildman–Crippen MR) is 113 cm³/mol. The fourth-order valence-corrected chi connectivity index (χ4v) is 2.91. The van der Waals surface area contributed by atoms with Crippen LogP contribution in [0.25, 0.3) is 11.3 Å². The molecule has 0 unspecified atom stereocenters. The first-order chi connectivity index (χ1) is 15.2. The maximum Gasteiger partial charge on any atom is 0.416 e. The quantitative estimate of drug-likeness (QED) is 0.535. The lowest BCUT2D eigenvalue weighted by Crippen LogP contribution is -2.31. The van der Waals surface area contributed by atoms with Crippen LogP contribution in [-0.4, -0.2) is 28.8 Å². The highest BCUT2D eigenvalue weighted by molar-refractivity contribution is 5.77. The van der Waals surface area contributed by atoms with Crippen molar-refractivity contribution < 1.29 is 22.7 Å². The van der Waals surface area contributed by atoms with Crippen molar-refractivity contribution in [3.05, 3.63) is 82.1 Å². The monoisotopic (exact) mass is 445 g/mol. The Morgan fingerprint density at radius 3 is 2.56 bits per heavy atom. The molecule has 6 nitrogen and oxygen atoms in total. The van der Waals surface area contributed by atoms with Gasteiger partial charge in [0.15, 0.2) is 6.61 Å². The van der Waals surface area contributed by atoms with E-state index in [1.54, 1.807) is 6.07 Å². The molecule has 1 N–H and O–H groups in total. The number of hydrogen-bond acceptors (Lipinski definition) is 4. The van der Waals surface area contributed by atoms with Crippen LogP contribution in [0.5, 0.6) is 5.75 Å². The molecule has 1 heterocycles. The van der Waals surface area contributed by atoms with E-state index in [2.05, 4.69) is 10.4 Å². The van der Waals surface area contributed by atoms with E-state index in [1.165, 1.54) is 22.9 Å². The van der Waals surface area contributed by atoms with Gasteiger partial charge in [-0.05, 0) is 37.6 Å². The maximum absolute atomic E-state index is 12.7. The predicted octanol–water partition coefficient (Wildman–Crippen LogP) is 3.82. The minimum Gasteiger partial charge on any atom is -0.484 e. The van der Waals surface area contributed by atoms with Crippen LogP contribution in [0.4, 0.5) is 13.2 Å². The van der Waals surface area contributed by atoms with E-state index >= 15 is 0 Å². The first-order valence-electron chi connectivity index (χ1n) is 9.94. The number of aryl methyl sites for hydroxylation is 2. The lowest BCUT2D eigenvalue weighted by atomic mass is 10.1. The van der Waals surface area contributed by atoms with Gasteiger partial charge >= 0.3 is 6.18 Å². The molecular formula is C23H22F3N3O3. The number of halogens is 3. The van der Waals surface area contributed by atoms with E-state index in [0.29, 0.717) is 18.7 Å². The van der Waals surface area contributed by atoms with E-state index in [1.807, 2.05) is 31.2 Å². The maximum atomic E-state index is 12.7. The largest absolute Gasteiger partial charge is 0.484 e. The second-order valence-electron chi connectivity index (χ2n) is 7.16. The Labute approximate surface area is 182 Å². The SMILES string of the molecule is Cc1ccc(-c2ccc(=O)n(CCCNC(=O)COc3cccc(C(F)(F)F)c3)n2)cc1. The molecule has 0 fully saturated rings. The summed E-state index contributed by atoms with van der Waals surface area (Å²) < 4.78 is 44.6. The molecule has 0 aliphatic rings. The molecule has 0 spiro atoms. The Kier molecular flexibility index (Phi) is 7.29. The zero-order valence-corrected chi connectivity index (χ0v) is 17.4. The molecule has 0 saturated carbocycles. The molecule has 1 amide bonds. The molecular weight excluding hydrogens is 423 g/mol. The minimum absolute atomic E-state index is 0.0429. The van der Waals surface area contributed by atoms with E-state index in [9.17, 15) is 22.8 Å². The highest BCUT2D eigenvalue weighted by atomic mass is 19.4. The van der Waals surface area contributed by atoms with Gasteiger partial charge in [0, 0.05) is 24.7 Å². The Hall–Kier alpha value is -3.62. The molecule has 1 aromatic heterocycles. The third-order valence-corrected chi connectivity index (χ3v) is 4.61. The topological polar surface area (TPSA) is 73.2 Å². The number of carbonyl (C=O) groups excluding carboxylic acids is 1. The molecule has 9 heteroatoms. The van der Waals surface area contributed by atoms with Gasteiger partial charge in [0.2, 0.25) is 0 Å². The van der Waals surface area contributed by atoms with Crippen LogP contribution < -0.4 is 15.6 Å². The third kappa shape index (κ3) is 6.44. The average Bonchev–Trinajstić information content (AvgIpc) is 2.76. The number of carbonyl (C=O) groups is 1. The van der Waals surface area contributed by atoms with Crippen LogP contribution in [0.1, 0.15) is 17.5 Å². The van der Waals surface area contributed by atoms with Crippen molar-refractivity contribution >= 4 is 5.91 Å². The number of nitrogens with zero attached hydrogens (tertiary/aromatic N) is 2. The molecule has 3 aromatic rings. The van der Waals surface area contributed by atoms with Crippen LogP contribution in [0.15, 0.2) is 65.5 Å². The summed E-state index contributed by atoms with van der Waals surface area (Å²) in [5.74, 6) is -0.519. The number of ether oxygens (including phenoxy) is 1. The third-order valence-electron chi connectivity index (χ3n) is 4.61. The lowest BCUT2D eigenvalue weighted by molar-refractivity contribution is -0.137. The fourth-order valence-electron chi connectivity index (χ4n) is 2.91. The molecule has 0 radical (unpaired) electrons. The summed E-state index contributed by atoms with van der Waals surface area (Å²) in [6.07, 6.45) is -4.04. The summed E-state index contributed by atoms with van der Waals surface area (Å²) in [7, 11) is 0. The van der Waals surface area contributed by atoms with Crippen molar-refractivity contribution in [2.24, 2.45) is 0 Å². The molecule has 2 aromatic carbocycles. The van der Waals surface area contributed by atoms with E-state index in [4.69, 9.17) is 4.74 Å². The summed E-state index contributed by atoms with van der Waals surface area (Å²) in [6, 6.07) is 15.2. The van der Waals surface area contributed by atoms with E-state index < -0.39 is 24.3 Å². The molecule has 168 valence electrons. The second-order valence-corrected chi connectivity index (χ2v) is 7.16. The molecule has 0 aliphatic carbocycles. The highest BCUT2D eigenvalue weighted by Gasteiger charge is 2.30. The fraction of sp³-hybridized carbons (Fsp3) is 0.261. The van der Waals surface area contributed by atoms with Gasteiger partial charge in [-0.25, -0.2) is 4.68 Å². The van der Waals surface area contributed by atoms with Crippen molar-refractivity contribution in [2.45, 2.75) is 26.1 Å². The molecule has 0 saturated heterocycles. The van der Waals surface area contributed by atoms with Gasteiger partial charge in [-0.2, -0.15) is 18.3 Å². The average molecular weight is 445 g/mol. The van der Waals surface area contributed by atoms with E-state index in [-0.39, 0.29) is 17.9 Å². The Balaban J connectivity index is 1.47. The summed E-state index contributed by atoms with van der Waals surface area (Å²) in [4.78, 5) is 24.0. The van der Waals surface area contributed by atoms with E-state index in [0.717, 1.165) is 23.3 Å². The summed E-state index contributed by atoms with van der Waals surface area (Å²) in [5.41, 5.74) is 1.59.